The molecule has 2 heterocycles. The molecule has 18 heavy (non-hydrogen) atoms. The van der Waals surface area contributed by atoms with Gasteiger partial charge < -0.3 is 0 Å². The van der Waals surface area contributed by atoms with Gasteiger partial charge in [-0.1, -0.05) is 19.9 Å². The molecule has 0 spiro atoms. The minimum absolute atomic E-state index is 0.321. The average Bonchev–Trinajstić information content (AvgIpc) is 2.40. The van der Waals surface area contributed by atoms with Gasteiger partial charge in [0.15, 0.2) is 0 Å². The maximum absolute atomic E-state index is 5.74. The van der Waals surface area contributed by atoms with E-state index in [4.69, 9.17) is 5.84 Å². The number of nitrogens with one attached hydrogen (secondary N) is 1. The number of hydrogen-bond donors (Lipinski definition) is 2. The minimum Gasteiger partial charge on any atom is -0.271 e. The van der Waals surface area contributed by atoms with Crippen molar-refractivity contribution in [2.75, 3.05) is 5.75 Å². The van der Waals surface area contributed by atoms with Crippen molar-refractivity contribution in [3.8, 4) is 0 Å². The number of pyridine rings is 1. The van der Waals surface area contributed by atoms with E-state index in [2.05, 4.69) is 53.8 Å². The van der Waals surface area contributed by atoms with Crippen LogP contribution in [0.25, 0.3) is 0 Å². The zero-order chi connectivity index (χ0) is 13.0. The quantitative estimate of drug-likeness (QED) is 0.654. The Hall–Kier alpha value is -0.230. The third kappa shape index (κ3) is 3.63. The summed E-state index contributed by atoms with van der Waals surface area (Å²) in [6.07, 6.45) is 4.68. The standard InChI is InChI=1S/C13H21N3S2/c1-9-10(2)18-13(8-17-9)12(16-14)6-11-4-3-5-15-7-11/h3-5,7,9-10,12-13,16H,6,8,14H2,1-2H3. The van der Waals surface area contributed by atoms with Gasteiger partial charge in [0.25, 0.3) is 0 Å². The summed E-state index contributed by atoms with van der Waals surface area (Å²) in [5, 5.41) is 2.01. The Kier molecular flexibility index (Phi) is 5.36. The Labute approximate surface area is 118 Å². The molecule has 4 unspecified atom stereocenters. The summed E-state index contributed by atoms with van der Waals surface area (Å²) in [6, 6.07) is 4.42. The van der Waals surface area contributed by atoms with Crippen LogP contribution in [0, 0.1) is 0 Å². The van der Waals surface area contributed by atoms with Crippen molar-refractivity contribution < 1.29 is 0 Å². The van der Waals surface area contributed by atoms with Crippen LogP contribution in [-0.4, -0.2) is 32.5 Å². The number of hydrazine groups is 1. The number of rotatable bonds is 4. The van der Waals surface area contributed by atoms with Gasteiger partial charge in [-0.05, 0) is 18.1 Å². The van der Waals surface area contributed by atoms with Gasteiger partial charge in [0.2, 0.25) is 0 Å². The molecule has 1 aromatic heterocycles. The molecule has 0 saturated carbocycles. The lowest BCUT2D eigenvalue weighted by Gasteiger charge is -2.35. The Morgan fingerprint density at radius 2 is 2.33 bits per heavy atom. The molecule has 1 aliphatic rings. The second-order valence-electron chi connectivity index (χ2n) is 4.76. The van der Waals surface area contributed by atoms with E-state index in [1.54, 1.807) is 0 Å². The first-order valence-corrected chi connectivity index (χ1v) is 8.32. The van der Waals surface area contributed by atoms with Crippen molar-refractivity contribution in [2.45, 2.75) is 42.1 Å². The molecule has 4 atom stereocenters. The molecule has 3 nitrogen and oxygen atoms in total. The Bertz CT molecular complexity index is 361. The summed E-state index contributed by atoms with van der Waals surface area (Å²) < 4.78 is 0. The van der Waals surface area contributed by atoms with Crippen molar-refractivity contribution >= 4 is 23.5 Å². The highest BCUT2D eigenvalue weighted by Crippen LogP contribution is 2.37. The minimum atomic E-state index is 0.321. The first-order chi connectivity index (χ1) is 8.70. The molecule has 0 aliphatic carbocycles. The molecule has 0 radical (unpaired) electrons. The Morgan fingerprint density at radius 3 is 2.94 bits per heavy atom. The summed E-state index contributed by atoms with van der Waals surface area (Å²) in [4.78, 5) is 4.16. The summed E-state index contributed by atoms with van der Waals surface area (Å²) >= 11 is 4.12. The van der Waals surface area contributed by atoms with E-state index >= 15 is 0 Å². The van der Waals surface area contributed by atoms with Crippen LogP contribution in [0.5, 0.6) is 0 Å². The molecule has 0 bridgehead atoms. The SMILES string of the molecule is CC1SCC(C(Cc2cccnc2)NN)SC1C. The van der Waals surface area contributed by atoms with Crippen LogP contribution in [0.4, 0.5) is 0 Å². The van der Waals surface area contributed by atoms with Crippen molar-refractivity contribution in [3.05, 3.63) is 30.1 Å². The smallest absolute Gasteiger partial charge is 0.0378 e. The molecule has 1 fully saturated rings. The normalized spacial score (nSPS) is 30.1. The van der Waals surface area contributed by atoms with Gasteiger partial charge in [-0.3, -0.25) is 16.3 Å². The maximum atomic E-state index is 5.74. The van der Waals surface area contributed by atoms with E-state index in [9.17, 15) is 0 Å². The highest BCUT2D eigenvalue weighted by atomic mass is 32.2. The number of aromatic nitrogens is 1. The number of nitrogens with two attached hydrogens (primary N) is 1. The molecule has 5 heteroatoms. The highest BCUT2D eigenvalue weighted by Gasteiger charge is 2.30. The Balaban J connectivity index is 1.97. The van der Waals surface area contributed by atoms with Crippen LogP contribution < -0.4 is 11.3 Å². The molecule has 2 rings (SSSR count). The van der Waals surface area contributed by atoms with Crippen LogP contribution >= 0.6 is 23.5 Å². The first-order valence-electron chi connectivity index (χ1n) is 6.32. The van der Waals surface area contributed by atoms with E-state index < -0.39 is 0 Å². The van der Waals surface area contributed by atoms with Crippen molar-refractivity contribution in [1.29, 1.82) is 0 Å². The largest absolute Gasteiger partial charge is 0.271 e. The number of thioether (sulfide) groups is 2. The lowest BCUT2D eigenvalue weighted by Crippen LogP contribution is -2.47. The third-order valence-electron chi connectivity index (χ3n) is 3.42. The predicted octanol–water partition coefficient (Wildman–Crippen LogP) is 2.08. The highest BCUT2D eigenvalue weighted by molar-refractivity contribution is 8.07. The summed E-state index contributed by atoms with van der Waals surface area (Å²) in [6.45, 7) is 4.62. The van der Waals surface area contributed by atoms with Crippen LogP contribution in [0.15, 0.2) is 24.5 Å². The summed E-state index contributed by atoms with van der Waals surface area (Å²) in [5.74, 6) is 6.91. The summed E-state index contributed by atoms with van der Waals surface area (Å²) in [7, 11) is 0. The Morgan fingerprint density at radius 1 is 1.50 bits per heavy atom. The van der Waals surface area contributed by atoms with Gasteiger partial charge in [0.1, 0.15) is 0 Å². The molecule has 1 saturated heterocycles. The zero-order valence-electron chi connectivity index (χ0n) is 10.9. The van der Waals surface area contributed by atoms with Crippen molar-refractivity contribution in [2.24, 2.45) is 5.84 Å². The molecule has 1 aliphatic heterocycles. The van der Waals surface area contributed by atoms with E-state index in [1.807, 2.05) is 18.5 Å². The molecular weight excluding hydrogens is 262 g/mol. The lowest BCUT2D eigenvalue weighted by molar-refractivity contribution is 0.520. The monoisotopic (exact) mass is 283 g/mol. The predicted molar refractivity (Wildman–Crippen MR) is 81.8 cm³/mol. The fraction of sp³-hybridized carbons (Fsp3) is 0.615. The van der Waals surface area contributed by atoms with Crippen LogP contribution in [0.1, 0.15) is 19.4 Å². The maximum Gasteiger partial charge on any atom is 0.0378 e. The van der Waals surface area contributed by atoms with E-state index in [0.717, 1.165) is 11.7 Å². The van der Waals surface area contributed by atoms with E-state index in [1.165, 1.54) is 11.3 Å². The van der Waals surface area contributed by atoms with Gasteiger partial charge >= 0.3 is 0 Å². The number of hydrogen-bond acceptors (Lipinski definition) is 5. The first kappa shape index (κ1) is 14.2. The topological polar surface area (TPSA) is 50.9 Å². The van der Waals surface area contributed by atoms with Crippen LogP contribution in [0.2, 0.25) is 0 Å². The second-order valence-corrected chi connectivity index (χ2v) is 7.79. The lowest BCUT2D eigenvalue weighted by atomic mass is 10.1. The van der Waals surface area contributed by atoms with E-state index in [0.29, 0.717) is 16.5 Å². The second kappa shape index (κ2) is 6.80. The van der Waals surface area contributed by atoms with Gasteiger partial charge in [0.05, 0.1) is 0 Å². The molecule has 3 N–H and O–H groups in total. The fourth-order valence-corrected chi connectivity index (χ4v) is 5.20. The van der Waals surface area contributed by atoms with Gasteiger partial charge in [-0.2, -0.15) is 23.5 Å². The van der Waals surface area contributed by atoms with Gasteiger partial charge in [0, 0.05) is 39.9 Å². The molecule has 1 aromatic rings. The van der Waals surface area contributed by atoms with Crippen molar-refractivity contribution in [1.82, 2.24) is 10.4 Å². The summed E-state index contributed by atoms with van der Waals surface area (Å²) in [5.41, 5.74) is 4.24. The average molecular weight is 283 g/mol. The molecule has 0 aromatic carbocycles. The van der Waals surface area contributed by atoms with E-state index in [-0.39, 0.29) is 0 Å². The van der Waals surface area contributed by atoms with Crippen molar-refractivity contribution in [3.63, 3.8) is 0 Å². The van der Waals surface area contributed by atoms with Crippen LogP contribution in [-0.2, 0) is 6.42 Å². The molecular formula is C13H21N3S2. The van der Waals surface area contributed by atoms with Gasteiger partial charge in [-0.25, -0.2) is 0 Å². The zero-order valence-corrected chi connectivity index (χ0v) is 12.5. The molecule has 0 amide bonds. The molecule has 100 valence electrons. The van der Waals surface area contributed by atoms with Gasteiger partial charge in [-0.15, -0.1) is 0 Å². The number of nitrogens with zero attached hydrogens (tertiary/aromatic N) is 1. The van der Waals surface area contributed by atoms with Crippen LogP contribution in [0.3, 0.4) is 0 Å². The third-order valence-corrected chi connectivity index (χ3v) is 6.97. The fourth-order valence-electron chi connectivity index (χ4n) is 2.09.